The van der Waals surface area contributed by atoms with Crippen LogP contribution in [0.5, 0.6) is 0 Å². The van der Waals surface area contributed by atoms with Gasteiger partial charge in [-0.05, 0) is 65.7 Å². The van der Waals surface area contributed by atoms with E-state index in [1.165, 1.54) is 4.88 Å². The summed E-state index contributed by atoms with van der Waals surface area (Å²) in [5, 5.41) is 11.4. The molecule has 0 spiro atoms. The van der Waals surface area contributed by atoms with Crippen molar-refractivity contribution in [2.75, 3.05) is 26.2 Å². The number of carbonyl (C=O) groups excluding carboxylic acids is 2. The second kappa shape index (κ2) is 9.12. The molecule has 1 fully saturated rings. The Morgan fingerprint density at radius 2 is 1.92 bits per heavy atom. The summed E-state index contributed by atoms with van der Waals surface area (Å²) in [7, 11) is 0. The van der Waals surface area contributed by atoms with Crippen LogP contribution in [0.4, 0.5) is 0 Å². The summed E-state index contributed by atoms with van der Waals surface area (Å²) in [5.41, 5.74) is 1.01. The topological polar surface area (TPSA) is 61.4 Å². The second-order valence-corrected chi connectivity index (χ2v) is 7.96. The standard InChI is InChI=1S/C18H23N3O2S2/c22-17(18(23)20-12-14-5-11-24-13-14)19-6-9-21-7-3-15(4-8-21)16-2-1-10-25-16/h1-2,5,10-11,13,15H,3-4,6-9,12H2,(H,19,22)(H,20,23). The molecule has 7 heteroatoms. The van der Waals surface area contributed by atoms with Gasteiger partial charge in [-0.15, -0.1) is 11.3 Å². The highest BCUT2D eigenvalue weighted by atomic mass is 32.1. The number of carbonyl (C=O) groups is 2. The van der Waals surface area contributed by atoms with E-state index in [9.17, 15) is 9.59 Å². The third-order valence-electron chi connectivity index (χ3n) is 4.49. The fraction of sp³-hybridized carbons (Fsp3) is 0.444. The monoisotopic (exact) mass is 377 g/mol. The van der Waals surface area contributed by atoms with Crippen molar-refractivity contribution in [3.05, 3.63) is 44.8 Å². The smallest absolute Gasteiger partial charge is 0.309 e. The highest BCUT2D eigenvalue weighted by Crippen LogP contribution is 2.30. The first-order chi connectivity index (χ1) is 12.2. The van der Waals surface area contributed by atoms with E-state index in [0.717, 1.165) is 38.0 Å². The summed E-state index contributed by atoms with van der Waals surface area (Å²) in [6, 6.07) is 6.27. The molecule has 0 saturated carbocycles. The fourth-order valence-corrected chi connectivity index (χ4v) is 4.60. The van der Waals surface area contributed by atoms with Gasteiger partial charge in [-0.25, -0.2) is 0 Å². The Bertz CT molecular complexity index is 663. The number of hydrogen-bond acceptors (Lipinski definition) is 5. The summed E-state index contributed by atoms with van der Waals surface area (Å²) in [6.07, 6.45) is 2.32. The van der Waals surface area contributed by atoms with E-state index in [1.807, 2.05) is 28.2 Å². The lowest BCUT2D eigenvalue weighted by Gasteiger charge is -2.31. The largest absolute Gasteiger partial charge is 0.347 e. The molecule has 2 aromatic heterocycles. The van der Waals surface area contributed by atoms with Crippen LogP contribution in [0, 0.1) is 0 Å². The average molecular weight is 378 g/mol. The van der Waals surface area contributed by atoms with Crippen LogP contribution in [-0.4, -0.2) is 42.9 Å². The lowest BCUT2D eigenvalue weighted by Crippen LogP contribution is -2.44. The number of hydrogen-bond donors (Lipinski definition) is 2. The van der Waals surface area contributed by atoms with Crippen LogP contribution in [0.2, 0.25) is 0 Å². The van der Waals surface area contributed by atoms with Crippen LogP contribution >= 0.6 is 22.7 Å². The molecule has 134 valence electrons. The Labute approximate surface area is 156 Å². The lowest BCUT2D eigenvalue weighted by molar-refractivity contribution is -0.139. The molecule has 0 atom stereocenters. The Hall–Kier alpha value is -1.70. The van der Waals surface area contributed by atoms with E-state index < -0.39 is 11.8 Å². The van der Waals surface area contributed by atoms with Gasteiger partial charge in [0.25, 0.3) is 0 Å². The zero-order chi connectivity index (χ0) is 17.5. The molecule has 0 bridgehead atoms. The number of rotatable bonds is 6. The van der Waals surface area contributed by atoms with Crippen molar-refractivity contribution < 1.29 is 9.59 Å². The van der Waals surface area contributed by atoms with E-state index in [4.69, 9.17) is 0 Å². The number of thiophene rings is 2. The maximum Gasteiger partial charge on any atom is 0.309 e. The molecule has 25 heavy (non-hydrogen) atoms. The number of nitrogens with zero attached hydrogens (tertiary/aromatic N) is 1. The fourth-order valence-electron chi connectivity index (χ4n) is 3.03. The molecule has 5 nitrogen and oxygen atoms in total. The maximum absolute atomic E-state index is 11.8. The molecule has 1 aliphatic rings. The third-order valence-corrected chi connectivity index (χ3v) is 6.25. The van der Waals surface area contributed by atoms with Crippen molar-refractivity contribution >= 4 is 34.5 Å². The normalized spacial score (nSPS) is 15.8. The summed E-state index contributed by atoms with van der Waals surface area (Å²) >= 11 is 3.41. The molecule has 1 saturated heterocycles. The third kappa shape index (κ3) is 5.39. The molecule has 1 aliphatic heterocycles. The maximum atomic E-state index is 11.8. The van der Waals surface area contributed by atoms with E-state index in [-0.39, 0.29) is 0 Å². The van der Waals surface area contributed by atoms with Crippen molar-refractivity contribution in [3.8, 4) is 0 Å². The van der Waals surface area contributed by atoms with Gasteiger partial charge < -0.3 is 15.5 Å². The summed E-state index contributed by atoms with van der Waals surface area (Å²) < 4.78 is 0. The van der Waals surface area contributed by atoms with Crippen LogP contribution in [0.15, 0.2) is 34.3 Å². The Balaban J connectivity index is 1.30. The minimum absolute atomic E-state index is 0.395. The molecule has 2 amide bonds. The van der Waals surface area contributed by atoms with Crippen LogP contribution < -0.4 is 10.6 Å². The summed E-state index contributed by atoms with van der Waals surface area (Å²) in [4.78, 5) is 27.4. The number of nitrogens with one attached hydrogen (secondary N) is 2. The van der Waals surface area contributed by atoms with Crippen molar-refractivity contribution in [2.45, 2.75) is 25.3 Å². The second-order valence-electron chi connectivity index (χ2n) is 6.20. The van der Waals surface area contributed by atoms with Crippen molar-refractivity contribution in [2.24, 2.45) is 0 Å². The highest BCUT2D eigenvalue weighted by Gasteiger charge is 2.21. The van der Waals surface area contributed by atoms with E-state index in [2.05, 4.69) is 33.0 Å². The number of piperidine rings is 1. The molecule has 3 heterocycles. The predicted octanol–water partition coefficient (Wildman–Crippen LogP) is 2.42. The van der Waals surface area contributed by atoms with Crippen LogP contribution in [-0.2, 0) is 16.1 Å². The molecular weight excluding hydrogens is 354 g/mol. The highest BCUT2D eigenvalue weighted by molar-refractivity contribution is 7.10. The van der Waals surface area contributed by atoms with Gasteiger partial charge in [-0.3, -0.25) is 9.59 Å². The summed E-state index contributed by atoms with van der Waals surface area (Å²) in [6.45, 7) is 3.78. The van der Waals surface area contributed by atoms with Crippen molar-refractivity contribution in [3.63, 3.8) is 0 Å². The first kappa shape index (κ1) is 18.1. The van der Waals surface area contributed by atoms with Crippen LogP contribution in [0.25, 0.3) is 0 Å². The molecular formula is C18H23N3O2S2. The van der Waals surface area contributed by atoms with Crippen molar-refractivity contribution in [1.29, 1.82) is 0 Å². The lowest BCUT2D eigenvalue weighted by atomic mass is 9.95. The molecule has 0 aromatic carbocycles. The molecule has 0 radical (unpaired) electrons. The zero-order valence-corrected chi connectivity index (χ0v) is 15.7. The van der Waals surface area contributed by atoms with Gasteiger partial charge >= 0.3 is 11.8 Å². The van der Waals surface area contributed by atoms with Gasteiger partial charge in [-0.2, -0.15) is 11.3 Å². The summed E-state index contributed by atoms with van der Waals surface area (Å²) in [5.74, 6) is -0.444. The Kier molecular flexibility index (Phi) is 6.61. The van der Waals surface area contributed by atoms with Crippen LogP contribution in [0.3, 0.4) is 0 Å². The minimum Gasteiger partial charge on any atom is -0.347 e. The van der Waals surface area contributed by atoms with Gasteiger partial charge in [0.1, 0.15) is 0 Å². The zero-order valence-electron chi connectivity index (χ0n) is 14.1. The molecule has 0 unspecified atom stereocenters. The van der Waals surface area contributed by atoms with Gasteiger partial charge in [0.05, 0.1) is 0 Å². The molecule has 0 aliphatic carbocycles. The van der Waals surface area contributed by atoms with Gasteiger partial charge in [-0.1, -0.05) is 6.07 Å². The first-order valence-electron chi connectivity index (χ1n) is 8.55. The van der Waals surface area contributed by atoms with Gasteiger partial charge in [0.15, 0.2) is 0 Å². The minimum atomic E-state index is -0.567. The quantitative estimate of drug-likeness (QED) is 0.760. The van der Waals surface area contributed by atoms with Crippen LogP contribution in [0.1, 0.15) is 29.2 Å². The predicted molar refractivity (Wildman–Crippen MR) is 102 cm³/mol. The van der Waals surface area contributed by atoms with E-state index >= 15 is 0 Å². The number of likely N-dealkylation sites (tertiary alicyclic amines) is 1. The number of amides is 2. The SMILES string of the molecule is O=C(NCCN1CCC(c2cccs2)CC1)C(=O)NCc1ccsc1. The Morgan fingerprint density at radius 1 is 1.12 bits per heavy atom. The van der Waals surface area contributed by atoms with Gasteiger partial charge in [0, 0.05) is 24.5 Å². The molecule has 3 rings (SSSR count). The van der Waals surface area contributed by atoms with Crippen molar-refractivity contribution in [1.82, 2.24) is 15.5 Å². The Morgan fingerprint density at radius 3 is 2.60 bits per heavy atom. The molecule has 2 N–H and O–H groups in total. The van der Waals surface area contributed by atoms with Gasteiger partial charge in [0.2, 0.25) is 0 Å². The average Bonchev–Trinajstić information content (AvgIpc) is 3.34. The molecule has 2 aromatic rings. The van der Waals surface area contributed by atoms with E-state index in [0.29, 0.717) is 19.0 Å². The first-order valence-corrected chi connectivity index (χ1v) is 10.4. The van der Waals surface area contributed by atoms with E-state index in [1.54, 1.807) is 11.3 Å².